The topological polar surface area (TPSA) is 64.7 Å². The third-order valence-electron chi connectivity index (χ3n) is 6.62. The minimum absolute atomic E-state index is 0.0499. The van der Waals surface area contributed by atoms with Crippen molar-refractivity contribution in [2.75, 3.05) is 34.5 Å². The second kappa shape index (κ2) is 9.84. The molecule has 0 amide bonds. The average Bonchev–Trinajstić information content (AvgIpc) is 3.28. The number of hydrogen-bond donors (Lipinski definition) is 2. The van der Waals surface area contributed by atoms with Gasteiger partial charge in [0.25, 0.3) is 0 Å². The zero-order valence-electron chi connectivity index (χ0n) is 20.3. The number of para-hydroxylation sites is 2. The van der Waals surface area contributed by atoms with E-state index in [2.05, 4.69) is 68.7 Å². The van der Waals surface area contributed by atoms with Gasteiger partial charge in [-0.1, -0.05) is 30.3 Å². The molecule has 6 nitrogen and oxygen atoms in total. The molecule has 0 spiro atoms. The minimum Gasteiger partial charge on any atom is -0.493 e. The van der Waals surface area contributed by atoms with Gasteiger partial charge in [-0.2, -0.15) is 0 Å². The molecule has 2 atom stereocenters. The fraction of sp³-hybridized carbons (Fsp3) is 0.286. The van der Waals surface area contributed by atoms with Crippen LogP contribution in [0.25, 0.3) is 10.9 Å². The van der Waals surface area contributed by atoms with E-state index in [1.54, 1.807) is 21.3 Å². The molecular weight excluding hydrogens is 508 g/mol. The van der Waals surface area contributed by atoms with E-state index in [4.69, 9.17) is 18.9 Å². The molecule has 182 valence electrons. The summed E-state index contributed by atoms with van der Waals surface area (Å²) < 4.78 is 23.8. The molecule has 2 N–H and O–H groups in total. The number of benzene rings is 3. The summed E-state index contributed by atoms with van der Waals surface area (Å²) in [7, 11) is 5.03. The van der Waals surface area contributed by atoms with E-state index in [0.717, 1.165) is 44.9 Å². The lowest BCUT2D eigenvalue weighted by Gasteiger charge is -2.32. The number of hydrogen-bond acceptors (Lipinski definition) is 5. The number of aromatic nitrogens is 1. The predicted octanol–water partition coefficient (Wildman–Crippen LogP) is 6.18. The predicted molar refractivity (Wildman–Crippen MR) is 141 cm³/mol. The lowest BCUT2D eigenvalue weighted by atomic mass is 9.82. The van der Waals surface area contributed by atoms with Gasteiger partial charge in [-0.05, 0) is 58.2 Å². The molecule has 1 aliphatic rings. The first kappa shape index (κ1) is 23.6. The van der Waals surface area contributed by atoms with Gasteiger partial charge < -0.3 is 29.2 Å². The van der Waals surface area contributed by atoms with Crippen molar-refractivity contribution in [3.8, 4) is 23.0 Å². The highest BCUT2D eigenvalue weighted by atomic mass is 79.9. The molecule has 7 heteroatoms. The Morgan fingerprint density at radius 2 is 1.71 bits per heavy atom. The van der Waals surface area contributed by atoms with Crippen LogP contribution in [0.1, 0.15) is 41.3 Å². The quantitative estimate of drug-likeness (QED) is 0.295. The maximum Gasteiger partial charge on any atom is 0.175 e. The number of H-pyrrole nitrogens is 1. The first-order valence-corrected chi connectivity index (χ1v) is 12.5. The van der Waals surface area contributed by atoms with Crippen molar-refractivity contribution in [3.05, 3.63) is 81.5 Å². The first-order valence-electron chi connectivity index (χ1n) is 11.7. The molecule has 0 bridgehead atoms. The Morgan fingerprint density at radius 3 is 2.46 bits per heavy atom. The molecule has 35 heavy (non-hydrogen) atoms. The molecule has 1 aromatic heterocycles. The number of rotatable bonds is 7. The SMILES string of the molecule is CCOc1c(Br)cc([C@@H]2NC[C@@H](c3cccc(OC)c3OC)c3c2[nH]c2ccccc32)cc1OC. The van der Waals surface area contributed by atoms with Crippen LogP contribution < -0.4 is 24.3 Å². The summed E-state index contributed by atoms with van der Waals surface area (Å²) in [6.07, 6.45) is 0. The second-order valence-electron chi connectivity index (χ2n) is 8.44. The second-order valence-corrected chi connectivity index (χ2v) is 9.30. The zero-order chi connectivity index (χ0) is 24.5. The van der Waals surface area contributed by atoms with Gasteiger partial charge in [0, 0.05) is 34.6 Å². The monoisotopic (exact) mass is 536 g/mol. The Balaban J connectivity index is 1.69. The molecule has 0 radical (unpaired) electrons. The van der Waals surface area contributed by atoms with Gasteiger partial charge in [0.15, 0.2) is 23.0 Å². The van der Waals surface area contributed by atoms with Crippen molar-refractivity contribution in [3.63, 3.8) is 0 Å². The van der Waals surface area contributed by atoms with Crippen LogP contribution in [0.2, 0.25) is 0 Å². The summed E-state index contributed by atoms with van der Waals surface area (Å²) in [4.78, 5) is 3.71. The van der Waals surface area contributed by atoms with Crippen molar-refractivity contribution in [1.29, 1.82) is 0 Å². The summed E-state index contributed by atoms with van der Waals surface area (Å²) in [6.45, 7) is 3.26. The van der Waals surface area contributed by atoms with Gasteiger partial charge in [0.1, 0.15) is 0 Å². The van der Waals surface area contributed by atoms with E-state index < -0.39 is 0 Å². The number of methoxy groups -OCH3 is 3. The van der Waals surface area contributed by atoms with E-state index in [1.165, 1.54) is 10.9 Å². The zero-order valence-corrected chi connectivity index (χ0v) is 21.9. The molecule has 3 aromatic carbocycles. The van der Waals surface area contributed by atoms with Crippen LogP contribution in [0.15, 0.2) is 59.1 Å². The van der Waals surface area contributed by atoms with Crippen LogP contribution in [-0.4, -0.2) is 39.5 Å². The fourth-order valence-electron chi connectivity index (χ4n) is 5.15. The van der Waals surface area contributed by atoms with Crippen molar-refractivity contribution >= 4 is 26.8 Å². The lowest BCUT2D eigenvalue weighted by Crippen LogP contribution is -2.34. The normalized spacial score (nSPS) is 17.2. The van der Waals surface area contributed by atoms with Crippen LogP contribution in [0.5, 0.6) is 23.0 Å². The highest BCUT2D eigenvalue weighted by molar-refractivity contribution is 9.10. The van der Waals surface area contributed by atoms with E-state index in [-0.39, 0.29) is 12.0 Å². The molecular formula is C28H29BrN2O4. The lowest BCUT2D eigenvalue weighted by molar-refractivity contribution is 0.308. The summed E-state index contributed by atoms with van der Waals surface area (Å²) >= 11 is 3.69. The van der Waals surface area contributed by atoms with Crippen LogP contribution in [-0.2, 0) is 0 Å². The fourth-order valence-corrected chi connectivity index (χ4v) is 5.73. The third kappa shape index (κ3) is 4.02. The molecule has 0 unspecified atom stereocenters. The van der Waals surface area contributed by atoms with Crippen molar-refractivity contribution in [1.82, 2.24) is 10.3 Å². The van der Waals surface area contributed by atoms with Gasteiger partial charge in [-0.15, -0.1) is 0 Å². The molecule has 4 aromatic rings. The highest BCUT2D eigenvalue weighted by Crippen LogP contribution is 2.47. The van der Waals surface area contributed by atoms with Gasteiger partial charge in [0.2, 0.25) is 0 Å². The van der Waals surface area contributed by atoms with Crippen molar-refractivity contribution < 1.29 is 18.9 Å². The molecule has 0 aliphatic carbocycles. The molecule has 2 heterocycles. The molecule has 1 aliphatic heterocycles. The number of nitrogens with one attached hydrogen (secondary N) is 2. The van der Waals surface area contributed by atoms with Crippen molar-refractivity contribution in [2.45, 2.75) is 18.9 Å². The van der Waals surface area contributed by atoms with Gasteiger partial charge in [0.05, 0.1) is 38.5 Å². The summed E-state index contributed by atoms with van der Waals surface area (Å²) in [6, 6.07) is 18.6. The Hall–Kier alpha value is -3.16. The van der Waals surface area contributed by atoms with Crippen LogP contribution in [0.3, 0.4) is 0 Å². The smallest absolute Gasteiger partial charge is 0.175 e. The molecule has 0 fully saturated rings. The standard InChI is InChI=1S/C28H29BrN2O4/c1-5-35-28-20(29)13-16(14-23(28)33-3)25-26-24(18-9-6-7-11-21(18)31-26)19(15-30-25)17-10-8-12-22(32-2)27(17)34-4/h6-14,19,25,30-31H,5,15H2,1-4H3/t19-,25-/m0/s1. The Kier molecular flexibility index (Phi) is 6.62. The van der Waals surface area contributed by atoms with Gasteiger partial charge in [-0.3, -0.25) is 0 Å². The summed E-state index contributed by atoms with van der Waals surface area (Å²) in [5.74, 6) is 2.99. The molecule has 0 saturated carbocycles. The highest BCUT2D eigenvalue weighted by Gasteiger charge is 2.35. The number of halogens is 1. The van der Waals surface area contributed by atoms with Crippen LogP contribution in [0.4, 0.5) is 0 Å². The van der Waals surface area contributed by atoms with E-state index in [9.17, 15) is 0 Å². The first-order chi connectivity index (χ1) is 17.1. The Bertz CT molecular complexity index is 1370. The van der Waals surface area contributed by atoms with Crippen LogP contribution >= 0.6 is 15.9 Å². The maximum atomic E-state index is 5.82. The average molecular weight is 537 g/mol. The number of fused-ring (bicyclic) bond motifs is 3. The molecule has 5 rings (SSSR count). The largest absolute Gasteiger partial charge is 0.493 e. The maximum absolute atomic E-state index is 5.82. The molecule has 0 saturated heterocycles. The Morgan fingerprint density at radius 1 is 0.914 bits per heavy atom. The van der Waals surface area contributed by atoms with Gasteiger partial charge >= 0.3 is 0 Å². The van der Waals surface area contributed by atoms with E-state index >= 15 is 0 Å². The number of aromatic amines is 1. The summed E-state index contributed by atoms with van der Waals surface area (Å²) in [5.41, 5.74) is 5.68. The van der Waals surface area contributed by atoms with Crippen molar-refractivity contribution in [2.24, 2.45) is 0 Å². The Labute approximate surface area is 213 Å². The number of ether oxygens (including phenoxy) is 4. The van der Waals surface area contributed by atoms with E-state index in [0.29, 0.717) is 18.1 Å². The van der Waals surface area contributed by atoms with Crippen LogP contribution in [0, 0.1) is 0 Å². The third-order valence-corrected chi connectivity index (χ3v) is 7.21. The summed E-state index contributed by atoms with van der Waals surface area (Å²) in [5, 5.41) is 4.98. The van der Waals surface area contributed by atoms with Gasteiger partial charge in [-0.25, -0.2) is 0 Å². The van der Waals surface area contributed by atoms with E-state index in [1.807, 2.05) is 19.1 Å². The minimum atomic E-state index is -0.0499.